The van der Waals surface area contributed by atoms with Crippen LogP contribution in [0.4, 0.5) is 0 Å². The van der Waals surface area contributed by atoms with E-state index >= 15 is 0 Å². The Morgan fingerprint density at radius 3 is 2.94 bits per heavy atom. The van der Waals surface area contributed by atoms with Gasteiger partial charge in [0.05, 0.1) is 5.36 Å². The van der Waals surface area contributed by atoms with Gasteiger partial charge in [-0.1, -0.05) is 17.2 Å². The fraction of sp³-hybridized carbons (Fsp3) is 0. The number of nitrogens with one attached hydrogen (secondary N) is 1. The fourth-order valence-electron chi connectivity index (χ4n) is 1.43. The van der Waals surface area contributed by atoms with E-state index < -0.39 is 5.91 Å². The molecule has 0 unspecified atom stereocenters. The normalized spacial score (nSPS) is 13.5. The van der Waals surface area contributed by atoms with Crippen LogP contribution in [0.25, 0.3) is 5.76 Å². The van der Waals surface area contributed by atoms with Crippen molar-refractivity contribution in [3.05, 3.63) is 34.8 Å². The van der Waals surface area contributed by atoms with Crippen LogP contribution in [0.5, 0.6) is 6.01 Å². The molecule has 7 nitrogen and oxygen atoms in total. The first-order valence-corrected chi connectivity index (χ1v) is 4.48. The zero-order valence-corrected chi connectivity index (χ0v) is 7.91. The summed E-state index contributed by atoms with van der Waals surface area (Å²) in [6, 6.07) is 7.16. The second-order valence-electron chi connectivity index (χ2n) is 3.07. The molecule has 0 bridgehead atoms. The van der Waals surface area contributed by atoms with E-state index in [2.05, 4.69) is 25.6 Å². The number of carbonyl (C=O) groups is 1. The summed E-state index contributed by atoms with van der Waals surface area (Å²) in [5.74, 6) is -0.299. The summed E-state index contributed by atoms with van der Waals surface area (Å²) >= 11 is 0. The topological polar surface area (TPSA) is 93.1 Å². The molecule has 2 aromatic rings. The third kappa shape index (κ3) is 1.26. The summed E-state index contributed by atoms with van der Waals surface area (Å²) in [6.07, 6.45) is 0. The van der Waals surface area contributed by atoms with Crippen molar-refractivity contribution in [2.75, 3.05) is 0 Å². The molecule has 1 N–H and O–H groups in total. The molecular formula is C9H5N5O2. The molecule has 0 atom stereocenters. The van der Waals surface area contributed by atoms with Crippen molar-refractivity contribution in [2.45, 2.75) is 0 Å². The van der Waals surface area contributed by atoms with Crippen LogP contribution in [0.2, 0.25) is 0 Å². The molecule has 0 saturated heterocycles. The maximum absolute atomic E-state index is 11.5. The molecule has 16 heavy (non-hydrogen) atoms. The maximum Gasteiger partial charge on any atom is 0.338 e. The standard InChI is InChI=1S/C9H5N5O2/c15-8-7(16-9-11-13-14-12-9)5-3-1-2-4-6(5)10-8/h1-4H,(H,11,12,13,14). The monoisotopic (exact) mass is 215 g/mol. The number of tetrazole rings is 1. The lowest BCUT2D eigenvalue weighted by molar-refractivity contribution is -0.113. The molecular weight excluding hydrogens is 210 g/mol. The average Bonchev–Trinajstić information content (AvgIpc) is 2.89. The SMILES string of the molecule is O=C1N=c2ccccc2=C1Oc1nnn[nH]1. The number of fused-ring (bicyclic) bond motifs is 1. The van der Waals surface area contributed by atoms with E-state index in [1.807, 2.05) is 0 Å². The third-order valence-corrected chi connectivity index (χ3v) is 2.09. The molecule has 1 aromatic carbocycles. The van der Waals surface area contributed by atoms with Crippen molar-refractivity contribution in [3.8, 4) is 6.01 Å². The highest BCUT2D eigenvalue weighted by Gasteiger charge is 2.19. The molecule has 0 aliphatic carbocycles. The minimum absolute atomic E-state index is 0.0650. The van der Waals surface area contributed by atoms with Crippen LogP contribution in [-0.2, 0) is 4.79 Å². The molecule has 3 rings (SSSR count). The van der Waals surface area contributed by atoms with Crippen LogP contribution in [0, 0.1) is 0 Å². The van der Waals surface area contributed by atoms with Gasteiger partial charge in [-0.3, -0.25) is 4.79 Å². The van der Waals surface area contributed by atoms with Crippen LogP contribution in [-0.4, -0.2) is 26.5 Å². The van der Waals surface area contributed by atoms with Gasteiger partial charge in [-0.25, -0.2) is 10.1 Å². The van der Waals surface area contributed by atoms with E-state index in [0.29, 0.717) is 10.6 Å². The Hall–Kier alpha value is -2.57. The average molecular weight is 215 g/mol. The van der Waals surface area contributed by atoms with Crippen molar-refractivity contribution < 1.29 is 9.53 Å². The molecule has 7 heteroatoms. The number of aromatic amines is 1. The zero-order valence-electron chi connectivity index (χ0n) is 7.91. The van der Waals surface area contributed by atoms with Crippen LogP contribution in [0.1, 0.15) is 0 Å². The number of nitrogens with zero attached hydrogens (tertiary/aromatic N) is 4. The smallest absolute Gasteiger partial charge is 0.338 e. The second kappa shape index (κ2) is 3.23. The van der Waals surface area contributed by atoms with Gasteiger partial charge < -0.3 is 4.74 Å². The Morgan fingerprint density at radius 2 is 2.12 bits per heavy atom. The molecule has 0 fully saturated rings. The predicted molar refractivity (Wildman–Crippen MR) is 50.4 cm³/mol. The van der Waals surface area contributed by atoms with Gasteiger partial charge in [0.1, 0.15) is 0 Å². The molecule has 78 valence electrons. The molecule has 0 saturated carbocycles. The van der Waals surface area contributed by atoms with Gasteiger partial charge in [0.15, 0.2) is 0 Å². The number of carbonyl (C=O) groups excluding carboxylic acids is 1. The van der Waals surface area contributed by atoms with E-state index in [1.54, 1.807) is 24.3 Å². The fourth-order valence-corrected chi connectivity index (χ4v) is 1.43. The van der Waals surface area contributed by atoms with Gasteiger partial charge in [0.2, 0.25) is 5.76 Å². The van der Waals surface area contributed by atoms with Crippen molar-refractivity contribution in [1.29, 1.82) is 0 Å². The first-order valence-electron chi connectivity index (χ1n) is 4.48. The summed E-state index contributed by atoms with van der Waals surface area (Å²) in [6.45, 7) is 0. The first-order chi connectivity index (χ1) is 7.84. The first kappa shape index (κ1) is 8.72. The number of amides is 1. The van der Waals surface area contributed by atoms with E-state index in [4.69, 9.17) is 4.74 Å². The van der Waals surface area contributed by atoms with Crippen LogP contribution >= 0.6 is 0 Å². The number of rotatable bonds is 2. The number of H-pyrrole nitrogens is 1. The van der Waals surface area contributed by atoms with E-state index in [1.165, 1.54) is 0 Å². The number of hydrogen-bond donors (Lipinski definition) is 1. The van der Waals surface area contributed by atoms with E-state index in [-0.39, 0.29) is 11.8 Å². The predicted octanol–water partition coefficient (Wildman–Crippen LogP) is -1.45. The van der Waals surface area contributed by atoms with Gasteiger partial charge in [0, 0.05) is 5.22 Å². The second-order valence-corrected chi connectivity index (χ2v) is 3.07. The molecule has 1 aliphatic rings. The Balaban J connectivity index is 2.15. The van der Waals surface area contributed by atoms with E-state index in [0.717, 1.165) is 0 Å². The van der Waals surface area contributed by atoms with Gasteiger partial charge in [-0.2, -0.15) is 0 Å². The van der Waals surface area contributed by atoms with Crippen LogP contribution < -0.4 is 15.3 Å². The Labute approximate surface area is 88.5 Å². The van der Waals surface area contributed by atoms with Crippen molar-refractivity contribution in [3.63, 3.8) is 0 Å². The van der Waals surface area contributed by atoms with Gasteiger partial charge in [0.25, 0.3) is 0 Å². The van der Waals surface area contributed by atoms with Crippen molar-refractivity contribution in [2.24, 2.45) is 4.99 Å². The Bertz CT molecular complexity index is 661. The molecule has 1 amide bonds. The lowest BCUT2D eigenvalue weighted by Crippen LogP contribution is -2.24. The van der Waals surface area contributed by atoms with Crippen LogP contribution in [0.3, 0.4) is 0 Å². The molecule has 1 aliphatic heterocycles. The molecule has 2 heterocycles. The summed E-state index contributed by atoms with van der Waals surface area (Å²) in [7, 11) is 0. The highest BCUT2D eigenvalue weighted by Crippen LogP contribution is 2.06. The Morgan fingerprint density at radius 1 is 1.25 bits per heavy atom. The largest absolute Gasteiger partial charge is 0.417 e. The summed E-state index contributed by atoms with van der Waals surface area (Å²) < 4.78 is 5.24. The van der Waals surface area contributed by atoms with Crippen molar-refractivity contribution >= 4 is 11.7 Å². The minimum Gasteiger partial charge on any atom is -0.417 e. The summed E-state index contributed by atoms with van der Waals surface area (Å²) in [5.41, 5.74) is 0. The highest BCUT2D eigenvalue weighted by atomic mass is 16.5. The number of hydrogen-bond acceptors (Lipinski definition) is 5. The van der Waals surface area contributed by atoms with Gasteiger partial charge in [-0.05, 0) is 22.6 Å². The quantitative estimate of drug-likeness (QED) is 0.661. The lowest BCUT2D eigenvalue weighted by Gasteiger charge is -1.97. The number of ether oxygens (including phenoxy) is 1. The van der Waals surface area contributed by atoms with Gasteiger partial charge >= 0.3 is 11.9 Å². The molecule has 0 spiro atoms. The highest BCUT2D eigenvalue weighted by molar-refractivity contribution is 6.12. The maximum atomic E-state index is 11.5. The van der Waals surface area contributed by atoms with E-state index in [9.17, 15) is 4.79 Å². The third-order valence-electron chi connectivity index (χ3n) is 2.09. The molecule has 0 radical (unpaired) electrons. The molecule has 1 aromatic heterocycles. The number of aromatic nitrogens is 4. The zero-order chi connectivity index (χ0) is 11.0. The van der Waals surface area contributed by atoms with Crippen molar-refractivity contribution in [1.82, 2.24) is 20.6 Å². The minimum atomic E-state index is -0.433. The van der Waals surface area contributed by atoms with Crippen LogP contribution in [0.15, 0.2) is 29.3 Å². The Kier molecular flexibility index (Phi) is 1.76. The summed E-state index contributed by atoms with van der Waals surface area (Å²) in [4.78, 5) is 15.4. The van der Waals surface area contributed by atoms with Gasteiger partial charge in [-0.15, -0.1) is 0 Å². The lowest BCUT2D eigenvalue weighted by atomic mass is 10.3. The number of para-hydroxylation sites is 1. The number of benzene rings is 1. The summed E-state index contributed by atoms with van der Waals surface area (Å²) in [5, 5.41) is 13.9.